The number of nitrogens with zero attached hydrogens (tertiary/aromatic N) is 3. The summed E-state index contributed by atoms with van der Waals surface area (Å²) in [6.45, 7) is 2.01. The van der Waals surface area contributed by atoms with Crippen molar-refractivity contribution in [3.8, 4) is 5.75 Å². The smallest absolute Gasteiger partial charge is 0.325 e. The van der Waals surface area contributed by atoms with E-state index in [4.69, 9.17) is 9.72 Å². The van der Waals surface area contributed by atoms with Crippen molar-refractivity contribution in [2.45, 2.75) is 82.3 Å². The number of halogens is 1. The number of carbonyl (C=O) groups is 1. The maximum Gasteiger partial charge on any atom is 0.325 e. The number of hydrogen-bond acceptors (Lipinski definition) is 6. The van der Waals surface area contributed by atoms with Crippen molar-refractivity contribution in [3.63, 3.8) is 0 Å². The number of alkyl halides is 1. The van der Waals surface area contributed by atoms with Crippen molar-refractivity contribution in [2.24, 2.45) is 5.92 Å². The van der Waals surface area contributed by atoms with Gasteiger partial charge >= 0.3 is 5.97 Å². The van der Waals surface area contributed by atoms with Crippen LogP contribution >= 0.6 is 0 Å². The van der Waals surface area contributed by atoms with Gasteiger partial charge in [0.25, 0.3) is 0 Å². The lowest BCUT2D eigenvalue weighted by Gasteiger charge is -2.31. The third-order valence-electron chi connectivity index (χ3n) is 8.44. The molecule has 7 nitrogen and oxygen atoms in total. The number of hydrogen-bond donors (Lipinski definition) is 2. The number of carboxylic acids is 1. The van der Waals surface area contributed by atoms with E-state index in [1.54, 1.807) is 13.3 Å². The number of unbranched alkanes of at least 4 members (excludes halogenated alkanes) is 1. The normalized spacial score (nSPS) is 21.5. The summed E-state index contributed by atoms with van der Waals surface area (Å²) in [5.74, 6) is 1.18. The number of pyridine rings is 2. The van der Waals surface area contributed by atoms with Crippen LogP contribution in [0.15, 0.2) is 24.4 Å². The first kappa shape index (κ1) is 25.9. The highest BCUT2D eigenvalue weighted by atomic mass is 19.1. The predicted molar refractivity (Wildman–Crippen MR) is 141 cm³/mol. The zero-order valence-electron chi connectivity index (χ0n) is 21.8. The molecular formula is C29H39FN4O3. The number of aromatic nitrogens is 2. The van der Waals surface area contributed by atoms with Gasteiger partial charge in [-0.1, -0.05) is 18.9 Å². The molecule has 2 fully saturated rings. The average Bonchev–Trinajstić information content (AvgIpc) is 3.35. The SMILES string of the molecule is COc1cc(CCCCC(F)C2CCN(C(C(=O)O)c3cccnc3C3CCC3)C2)nc2c1CCCN2. The fourth-order valence-corrected chi connectivity index (χ4v) is 6.16. The zero-order chi connectivity index (χ0) is 25.8. The van der Waals surface area contributed by atoms with Crippen LogP contribution in [-0.4, -0.2) is 58.9 Å². The summed E-state index contributed by atoms with van der Waals surface area (Å²) >= 11 is 0. The van der Waals surface area contributed by atoms with Crippen LogP contribution in [0.1, 0.15) is 85.8 Å². The van der Waals surface area contributed by atoms with E-state index < -0.39 is 18.2 Å². The molecule has 0 aromatic carbocycles. The fourth-order valence-electron chi connectivity index (χ4n) is 6.16. The van der Waals surface area contributed by atoms with E-state index in [9.17, 15) is 9.90 Å². The Balaban J connectivity index is 1.14. The number of nitrogens with one attached hydrogen (secondary N) is 1. The number of anilines is 1. The molecule has 1 saturated carbocycles. The van der Waals surface area contributed by atoms with E-state index in [-0.39, 0.29) is 5.92 Å². The highest BCUT2D eigenvalue weighted by Gasteiger charge is 2.39. The molecule has 0 amide bonds. The second kappa shape index (κ2) is 11.8. The van der Waals surface area contributed by atoms with Gasteiger partial charge in [-0.3, -0.25) is 14.7 Å². The summed E-state index contributed by atoms with van der Waals surface area (Å²) in [6.07, 6.45) is 9.82. The van der Waals surface area contributed by atoms with Gasteiger partial charge in [-0.2, -0.15) is 0 Å². The molecule has 3 unspecified atom stereocenters. The van der Waals surface area contributed by atoms with E-state index in [1.165, 1.54) is 6.42 Å². The molecule has 2 aromatic rings. The molecule has 0 spiro atoms. The van der Waals surface area contributed by atoms with Crippen LogP contribution in [0, 0.1) is 5.92 Å². The quantitative estimate of drug-likeness (QED) is 0.396. The average molecular weight is 511 g/mol. The second-order valence-electron chi connectivity index (χ2n) is 10.8. The molecule has 37 heavy (non-hydrogen) atoms. The molecule has 200 valence electrons. The Morgan fingerprint density at radius 2 is 2.16 bits per heavy atom. The lowest BCUT2D eigenvalue weighted by Crippen LogP contribution is -2.34. The monoisotopic (exact) mass is 510 g/mol. The highest BCUT2D eigenvalue weighted by molar-refractivity contribution is 5.76. The maximum absolute atomic E-state index is 15.3. The van der Waals surface area contributed by atoms with E-state index in [1.807, 2.05) is 23.1 Å². The van der Waals surface area contributed by atoms with Crippen molar-refractivity contribution in [1.82, 2.24) is 14.9 Å². The highest BCUT2D eigenvalue weighted by Crippen LogP contribution is 2.41. The minimum atomic E-state index is -0.924. The molecule has 1 saturated heterocycles. The van der Waals surface area contributed by atoms with Gasteiger partial charge in [-0.25, -0.2) is 9.37 Å². The van der Waals surface area contributed by atoms with Gasteiger partial charge in [0.1, 0.15) is 23.8 Å². The van der Waals surface area contributed by atoms with Crippen LogP contribution < -0.4 is 10.1 Å². The molecule has 2 N–H and O–H groups in total. The molecule has 2 aromatic heterocycles. The molecule has 8 heteroatoms. The van der Waals surface area contributed by atoms with E-state index in [0.29, 0.717) is 31.8 Å². The van der Waals surface area contributed by atoms with Crippen LogP contribution in [0.25, 0.3) is 0 Å². The van der Waals surface area contributed by atoms with E-state index in [2.05, 4.69) is 10.3 Å². The predicted octanol–water partition coefficient (Wildman–Crippen LogP) is 5.31. The lowest BCUT2D eigenvalue weighted by molar-refractivity contribution is -0.143. The van der Waals surface area contributed by atoms with Gasteiger partial charge < -0.3 is 15.2 Å². The Bertz CT molecular complexity index is 1080. The summed E-state index contributed by atoms with van der Waals surface area (Å²) < 4.78 is 20.8. The number of fused-ring (bicyclic) bond motifs is 1. The van der Waals surface area contributed by atoms with Gasteiger partial charge in [0.05, 0.1) is 7.11 Å². The summed E-state index contributed by atoms with van der Waals surface area (Å²) in [5, 5.41) is 13.5. The third-order valence-corrected chi connectivity index (χ3v) is 8.44. The zero-order valence-corrected chi connectivity index (χ0v) is 21.8. The third kappa shape index (κ3) is 5.74. The number of methoxy groups -OCH3 is 1. The molecule has 2 aliphatic heterocycles. The molecule has 4 heterocycles. The van der Waals surface area contributed by atoms with Crippen LogP contribution in [0.3, 0.4) is 0 Å². The summed E-state index contributed by atoms with van der Waals surface area (Å²) in [7, 11) is 1.70. The minimum Gasteiger partial charge on any atom is -0.496 e. The number of aryl methyl sites for hydroxylation is 1. The molecule has 0 bridgehead atoms. The fraction of sp³-hybridized carbons (Fsp3) is 0.621. The molecule has 0 radical (unpaired) electrons. The summed E-state index contributed by atoms with van der Waals surface area (Å²) in [4.78, 5) is 23.6. The molecule has 5 rings (SSSR count). The Kier molecular flexibility index (Phi) is 8.23. The topological polar surface area (TPSA) is 87.6 Å². The Hall–Kier alpha value is -2.74. The van der Waals surface area contributed by atoms with Crippen LogP contribution in [-0.2, 0) is 17.6 Å². The van der Waals surface area contributed by atoms with Crippen molar-refractivity contribution in [1.29, 1.82) is 0 Å². The number of likely N-dealkylation sites (tertiary alicyclic amines) is 1. The number of carboxylic acid groups (broad SMARTS) is 1. The van der Waals surface area contributed by atoms with Crippen LogP contribution in [0.2, 0.25) is 0 Å². The van der Waals surface area contributed by atoms with Crippen molar-refractivity contribution >= 4 is 11.8 Å². The van der Waals surface area contributed by atoms with Crippen molar-refractivity contribution in [2.75, 3.05) is 32.1 Å². The number of ether oxygens (including phenoxy) is 1. The second-order valence-corrected chi connectivity index (χ2v) is 10.8. The number of aliphatic carboxylic acids is 1. The maximum atomic E-state index is 15.3. The van der Waals surface area contributed by atoms with Gasteiger partial charge in [0.2, 0.25) is 0 Å². The first-order valence-electron chi connectivity index (χ1n) is 13.9. The van der Waals surface area contributed by atoms with Gasteiger partial charge in [-0.15, -0.1) is 0 Å². The molecular weight excluding hydrogens is 471 g/mol. The Labute approximate surface area is 218 Å². The Morgan fingerprint density at radius 3 is 2.92 bits per heavy atom. The van der Waals surface area contributed by atoms with Crippen LogP contribution in [0.5, 0.6) is 5.75 Å². The summed E-state index contributed by atoms with van der Waals surface area (Å²) in [5.41, 5.74) is 3.84. The molecule has 3 aliphatic rings. The standard InChI is InChI=1S/C29H39FN4O3/c1-37-25-17-21(33-28-22(25)10-5-15-32-28)9-2-3-12-24(30)20-13-16-34(18-20)27(29(35)36)23-11-6-14-31-26(23)19-7-4-8-19/h6,11,14,17,19-20,24,27H,2-5,7-10,12-13,15-16,18H2,1H3,(H,32,33)(H,35,36). The Morgan fingerprint density at radius 1 is 1.30 bits per heavy atom. The summed E-state index contributed by atoms with van der Waals surface area (Å²) in [6, 6.07) is 5.00. The van der Waals surface area contributed by atoms with Gasteiger partial charge in [0.15, 0.2) is 0 Å². The van der Waals surface area contributed by atoms with Crippen molar-refractivity contribution in [3.05, 3.63) is 46.9 Å². The van der Waals surface area contributed by atoms with Gasteiger partial charge in [0, 0.05) is 59.7 Å². The molecule has 1 aliphatic carbocycles. The van der Waals surface area contributed by atoms with E-state index >= 15 is 4.39 Å². The minimum absolute atomic E-state index is 0.128. The van der Waals surface area contributed by atoms with Crippen LogP contribution in [0.4, 0.5) is 10.2 Å². The first-order chi connectivity index (χ1) is 18.0. The first-order valence-corrected chi connectivity index (χ1v) is 13.9. The molecule has 3 atom stereocenters. The van der Waals surface area contributed by atoms with Gasteiger partial charge in [-0.05, 0) is 64.0 Å². The van der Waals surface area contributed by atoms with E-state index in [0.717, 1.165) is 85.6 Å². The lowest BCUT2D eigenvalue weighted by atomic mass is 9.80. The number of rotatable bonds is 11. The largest absolute Gasteiger partial charge is 0.496 e. The van der Waals surface area contributed by atoms with Crippen molar-refractivity contribution < 1.29 is 19.0 Å².